The van der Waals surface area contributed by atoms with Gasteiger partial charge in [0.1, 0.15) is 5.52 Å². The second-order valence-electron chi connectivity index (χ2n) is 5.18. The van der Waals surface area contributed by atoms with Crippen LogP contribution < -0.4 is 5.73 Å². The highest BCUT2D eigenvalue weighted by Crippen LogP contribution is 2.29. The van der Waals surface area contributed by atoms with Gasteiger partial charge in [0.2, 0.25) is 5.95 Å². The Kier molecular flexibility index (Phi) is 2.33. The van der Waals surface area contributed by atoms with Crippen LogP contribution in [0.4, 0.5) is 5.95 Å². The molecular weight excluding hydrogens is 262 g/mol. The van der Waals surface area contributed by atoms with E-state index in [-0.39, 0.29) is 0 Å². The number of aromatic nitrogens is 4. The minimum Gasteiger partial charge on any atom is -0.369 e. The van der Waals surface area contributed by atoms with Gasteiger partial charge < -0.3 is 5.73 Å². The highest BCUT2D eigenvalue weighted by atomic mass is 15.3. The molecule has 0 aliphatic carbocycles. The van der Waals surface area contributed by atoms with E-state index in [9.17, 15) is 0 Å². The first-order valence-corrected chi connectivity index (χ1v) is 6.82. The number of nitrogens with two attached hydrogens (primary N) is 1. The molecule has 5 heteroatoms. The second-order valence-corrected chi connectivity index (χ2v) is 5.18. The van der Waals surface area contributed by atoms with Gasteiger partial charge in [-0.15, -0.1) is 0 Å². The van der Waals surface area contributed by atoms with Crippen molar-refractivity contribution in [2.45, 2.75) is 6.92 Å². The summed E-state index contributed by atoms with van der Waals surface area (Å²) in [6.45, 7) is 1.95. The SMILES string of the molecule is Cc1nn(C)c2c1nc(N)n2-c1cccc2ccccc12. The van der Waals surface area contributed by atoms with Crippen LogP contribution in [0.15, 0.2) is 42.5 Å². The number of hydrogen-bond donors (Lipinski definition) is 1. The summed E-state index contributed by atoms with van der Waals surface area (Å²) < 4.78 is 3.80. The zero-order valence-electron chi connectivity index (χ0n) is 11.9. The van der Waals surface area contributed by atoms with Gasteiger partial charge in [-0.2, -0.15) is 5.10 Å². The maximum atomic E-state index is 6.17. The van der Waals surface area contributed by atoms with Crippen molar-refractivity contribution in [1.82, 2.24) is 19.3 Å². The van der Waals surface area contributed by atoms with Crippen LogP contribution in [0.1, 0.15) is 5.69 Å². The Bertz CT molecular complexity index is 972. The van der Waals surface area contributed by atoms with Gasteiger partial charge in [0, 0.05) is 12.4 Å². The molecule has 0 unspecified atom stereocenters. The molecule has 0 aliphatic heterocycles. The molecule has 0 atom stereocenters. The lowest BCUT2D eigenvalue weighted by molar-refractivity contribution is 0.763. The van der Waals surface area contributed by atoms with Gasteiger partial charge in [-0.25, -0.2) is 9.67 Å². The molecule has 0 radical (unpaired) electrons. The lowest BCUT2D eigenvalue weighted by atomic mass is 10.1. The molecular formula is C16H15N5. The van der Waals surface area contributed by atoms with E-state index in [1.807, 2.05) is 41.4 Å². The first-order chi connectivity index (χ1) is 10.2. The number of rotatable bonds is 1. The van der Waals surface area contributed by atoms with Crippen LogP contribution in [0.2, 0.25) is 0 Å². The summed E-state index contributed by atoms with van der Waals surface area (Å²) in [4.78, 5) is 4.47. The average molecular weight is 277 g/mol. The molecule has 0 saturated carbocycles. The number of benzene rings is 2. The van der Waals surface area contributed by atoms with E-state index in [0.29, 0.717) is 5.95 Å². The Labute approximate surface area is 121 Å². The smallest absolute Gasteiger partial charge is 0.207 e. The van der Waals surface area contributed by atoms with Crippen molar-refractivity contribution in [1.29, 1.82) is 0 Å². The number of anilines is 1. The van der Waals surface area contributed by atoms with Gasteiger partial charge in [-0.1, -0.05) is 36.4 Å². The normalized spacial score (nSPS) is 11.5. The van der Waals surface area contributed by atoms with Crippen LogP contribution >= 0.6 is 0 Å². The van der Waals surface area contributed by atoms with Crippen molar-refractivity contribution in [2.75, 3.05) is 5.73 Å². The average Bonchev–Trinajstić information content (AvgIpc) is 2.96. The molecule has 0 saturated heterocycles. The molecule has 0 fully saturated rings. The Balaban J connectivity index is 2.16. The van der Waals surface area contributed by atoms with E-state index in [0.717, 1.165) is 27.9 Å². The van der Waals surface area contributed by atoms with E-state index in [2.05, 4.69) is 34.3 Å². The molecule has 0 spiro atoms. The molecule has 2 aromatic heterocycles. The van der Waals surface area contributed by atoms with Crippen molar-refractivity contribution in [3.63, 3.8) is 0 Å². The van der Waals surface area contributed by atoms with E-state index in [1.54, 1.807) is 0 Å². The van der Waals surface area contributed by atoms with E-state index < -0.39 is 0 Å². The monoisotopic (exact) mass is 277 g/mol. The number of aryl methyl sites for hydroxylation is 2. The first kappa shape index (κ1) is 12.0. The van der Waals surface area contributed by atoms with Crippen LogP contribution in [0.25, 0.3) is 27.6 Å². The zero-order valence-corrected chi connectivity index (χ0v) is 11.9. The van der Waals surface area contributed by atoms with Gasteiger partial charge in [0.05, 0.1) is 11.4 Å². The number of imidazole rings is 1. The predicted octanol–water partition coefficient (Wildman–Crippen LogP) is 2.80. The van der Waals surface area contributed by atoms with Gasteiger partial charge >= 0.3 is 0 Å². The number of nitrogen functional groups attached to an aromatic ring is 1. The third kappa shape index (κ3) is 1.57. The standard InChI is InChI=1S/C16H15N5/c1-10-14-15(20(2)19-10)21(16(17)18-14)13-9-5-7-11-6-3-4-8-12(11)13/h3-9H,1-2H3,(H2,17,18). The Hall–Kier alpha value is -2.82. The van der Waals surface area contributed by atoms with Gasteiger partial charge in [0.15, 0.2) is 5.65 Å². The minimum atomic E-state index is 0.484. The van der Waals surface area contributed by atoms with Gasteiger partial charge in [-0.3, -0.25) is 4.57 Å². The summed E-state index contributed by atoms with van der Waals surface area (Å²) in [7, 11) is 1.91. The summed E-state index contributed by atoms with van der Waals surface area (Å²) in [6, 6.07) is 14.4. The highest BCUT2D eigenvalue weighted by molar-refractivity contribution is 5.93. The molecule has 2 N–H and O–H groups in total. The fourth-order valence-corrected chi connectivity index (χ4v) is 2.93. The van der Waals surface area contributed by atoms with Crippen molar-refractivity contribution < 1.29 is 0 Å². The Morgan fingerprint density at radius 2 is 1.81 bits per heavy atom. The van der Waals surface area contributed by atoms with Crippen molar-refractivity contribution >= 4 is 27.9 Å². The number of hydrogen-bond acceptors (Lipinski definition) is 3. The molecule has 4 aromatic rings. The minimum absolute atomic E-state index is 0.484. The fraction of sp³-hybridized carbons (Fsp3) is 0.125. The summed E-state index contributed by atoms with van der Waals surface area (Å²) in [5.41, 5.74) is 9.85. The number of fused-ring (bicyclic) bond motifs is 2. The molecule has 104 valence electrons. The second kappa shape index (κ2) is 4.09. The van der Waals surface area contributed by atoms with Crippen LogP contribution in [0.5, 0.6) is 0 Å². The van der Waals surface area contributed by atoms with Crippen LogP contribution in [0, 0.1) is 6.92 Å². The lowest BCUT2D eigenvalue weighted by Crippen LogP contribution is -2.05. The topological polar surface area (TPSA) is 61.7 Å². The first-order valence-electron chi connectivity index (χ1n) is 6.82. The van der Waals surface area contributed by atoms with Gasteiger partial charge in [-0.05, 0) is 18.4 Å². The summed E-state index contributed by atoms with van der Waals surface area (Å²) in [5, 5.41) is 6.75. The van der Waals surface area contributed by atoms with Crippen molar-refractivity contribution in [3.05, 3.63) is 48.2 Å². The maximum absolute atomic E-state index is 6.17. The van der Waals surface area contributed by atoms with Crippen molar-refractivity contribution in [3.8, 4) is 5.69 Å². The highest BCUT2D eigenvalue weighted by Gasteiger charge is 2.17. The van der Waals surface area contributed by atoms with E-state index >= 15 is 0 Å². The Morgan fingerprint density at radius 3 is 2.67 bits per heavy atom. The molecule has 21 heavy (non-hydrogen) atoms. The summed E-state index contributed by atoms with van der Waals surface area (Å²) in [6.07, 6.45) is 0. The Morgan fingerprint density at radius 1 is 1.05 bits per heavy atom. The summed E-state index contributed by atoms with van der Waals surface area (Å²) >= 11 is 0. The number of nitrogens with zero attached hydrogens (tertiary/aromatic N) is 4. The van der Waals surface area contributed by atoms with E-state index in [4.69, 9.17) is 5.73 Å². The zero-order chi connectivity index (χ0) is 14.6. The van der Waals surface area contributed by atoms with Crippen LogP contribution in [0.3, 0.4) is 0 Å². The molecule has 0 bridgehead atoms. The van der Waals surface area contributed by atoms with Crippen molar-refractivity contribution in [2.24, 2.45) is 7.05 Å². The summed E-state index contributed by atoms with van der Waals surface area (Å²) in [5.74, 6) is 0.484. The maximum Gasteiger partial charge on any atom is 0.207 e. The third-order valence-electron chi connectivity index (χ3n) is 3.84. The van der Waals surface area contributed by atoms with Gasteiger partial charge in [0.25, 0.3) is 0 Å². The van der Waals surface area contributed by atoms with E-state index in [1.165, 1.54) is 5.39 Å². The third-order valence-corrected chi connectivity index (χ3v) is 3.84. The molecule has 0 aliphatic rings. The van der Waals surface area contributed by atoms with Crippen LogP contribution in [-0.2, 0) is 7.05 Å². The molecule has 2 heterocycles. The quantitative estimate of drug-likeness (QED) is 0.582. The molecule has 4 rings (SSSR count). The van der Waals surface area contributed by atoms with Crippen LogP contribution in [-0.4, -0.2) is 19.3 Å². The largest absolute Gasteiger partial charge is 0.369 e. The molecule has 0 amide bonds. The molecule has 2 aromatic carbocycles. The predicted molar refractivity (Wildman–Crippen MR) is 84.5 cm³/mol. The lowest BCUT2D eigenvalue weighted by Gasteiger charge is -2.10. The fourth-order valence-electron chi connectivity index (χ4n) is 2.93. The molecule has 5 nitrogen and oxygen atoms in total.